The number of ether oxygens (including phenoxy) is 1. The Balaban J connectivity index is 1.73. The van der Waals surface area contributed by atoms with E-state index in [0.29, 0.717) is 12.2 Å². The van der Waals surface area contributed by atoms with Crippen molar-refractivity contribution in [2.75, 3.05) is 6.61 Å². The number of carbonyl (C=O) groups excluding carboxylic acids is 2. The molecular formula is C22H26N2O3. The predicted octanol–water partition coefficient (Wildman–Crippen LogP) is 4.12. The summed E-state index contributed by atoms with van der Waals surface area (Å²) < 4.78 is 5.65. The molecule has 0 spiro atoms. The molecule has 2 rings (SSSR count). The van der Waals surface area contributed by atoms with Crippen LogP contribution in [0.4, 0.5) is 0 Å². The molecule has 0 saturated carbocycles. The number of amides is 2. The molecule has 0 heterocycles. The highest BCUT2D eigenvalue weighted by molar-refractivity contribution is 5.97. The van der Waals surface area contributed by atoms with Gasteiger partial charge in [0.15, 0.2) is 0 Å². The lowest BCUT2D eigenvalue weighted by molar-refractivity contribution is -0.117. The summed E-state index contributed by atoms with van der Waals surface area (Å²) in [4.78, 5) is 23.8. The minimum Gasteiger partial charge on any atom is -0.494 e. The molecule has 27 heavy (non-hydrogen) atoms. The van der Waals surface area contributed by atoms with E-state index < -0.39 is 5.91 Å². The SMILES string of the molecule is CCCCCCOc1ccc(C(=O)NNC(=O)C=Cc2ccccc2)cc1. The highest BCUT2D eigenvalue weighted by Crippen LogP contribution is 2.13. The standard InChI is InChI=1S/C22H26N2O3/c1-2-3-4-8-17-27-20-14-12-19(13-15-20)22(26)24-23-21(25)16-11-18-9-6-5-7-10-18/h5-7,9-16H,2-4,8,17H2,1H3,(H,23,25)(H,24,26). The number of rotatable bonds is 9. The lowest BCUT2D eigenvalue weighted by atomic mass is 10.2. The van der Waals surface area contributed by atoms with Crippen molar-refractivity contribution in [2.45, 2.75) is 32.6 Å². The molecule has 142 valence electrons. The van der Waals surface area contributed by atoms with Gasteiger partial charge >= 0.3 is 0 Å². The topological polar surface area (TPSA) is 67.4 Å². The van der Waals surface area contributed by atoms with Crippen LogP contribution in [0, 0.1) is 0 Å². The molecule has 5 heteroatoms. The van der Waals surface area contributed by atoms with Crippen molar-refractivity contribution in [1.29, 1.82) is 0 Å². The van der Waals surface area contributed by atoms with Crippen molar-refractivity contribution in [3.05, 3.63) is 71.8 Å². The fraction of sp³-hybridized carbons (Fsp3) is 0.273. The average Bonchev–Trinajstić information content (AvgIpc) is 2.71. The number of hydrazine groups is 1. The average molecular weight is 366 g/mol. The van der Waals surface area contributed by atoms with Crippen LogP contribution in [-0.2, 0) is 4.79 Å². The third kappa shape index (κ3) is 7.77. The van der Waals surface area contributed by atoms with Crippen molar-refractivity contribution >= 4 is 17.9 Å². The maximum atomic E-state index is 12.1. The maximum Gasteiger partial charge on any atom is 0.269 e. The summed E-state index contributed by atoms with van der Waals surface area (Å²) in [5.74, 6) is -0.0527. The van der Waals surface area contributed by atoms with Gasteiger partial charge < -0.3 is 4.74 Å². The van der Waals surface area contributed by atoms with Crippen LogP contribution >= 0.6 is 0 Å². The number of carbonyl (C=O) groups is 2. The Kier molecular flexibility index (Phi) is 8.63. The molecule has 0 aromatic heterocycles. The zero-order valence-corrected chi connectivity index (χ0v) is 15.6. The van der Waals surface area contributed by atoms with Crippen LogP contribution in [0.3, 0.4) is 0 Å². The number of hydrogen-bond acceptors (Lipinski definition) is 3. The first-order chi connectivity index (χ1) is 13.2. The minimum atomic E-state index is -0.403. The van der Waals surface area contributed by atoms with Gasteiger partial charge in [0.2, 0.25) is 0 Å². The van der Waals surface area contributed by atoms with Crippen LogP contribution in [0.25, 0.3) is 6.08 Å². The van der Waals surface area contributed by atoms with Gasteiger partial charge in [-0.2, -0.15) is 0 Å². The first-order valence-electron chi connectivity index (χ1n) is 9.25. The monoisotopic (exact) mass is 366 g/mol. The van der Waals surface area contributed by atoms with E-state index in [1.165, 1.54) is 18.9 Å². The number of unbranched alkanes of at least 4 members (excludes halogenated alkanes) is 3. The molecule has 0 atom stereocenters. The first-order valence-corrected chi connectivity index (χ1v) is 9.25. The van der Waals surface area contributed by atoms with Crippen molar-refractivity contribution in [2.24, 2.45) is 0 Å². The van der Waals surface area contributed by atoms with Crippen LogP contribution in [0.2, 0.25) is 0 Å². The fourth-order valence-corrected chi connectivity index (χ4v) is 2.39. The van der Waals surface area contributed by atoms with Gasteiger partial charge in [-0.05, 0) is 42.3 Å². The number of nitrogens with one attached hydrogen (secondary N) is 2. The Hall–Kier alpha value is -3.08. The second-order valence-corrected chi connectivity index (χ2v) is 6.12. The van der Waals surface area contributed by atoms with E-state index in [1.54, 1.807) is 30.3 Å². The second kappa shape index (κ2) is 11.5. The Morgan fingerprint density at radius 1 is 0.926 bits per heavy atom. The molecule has 2 aromatic carbocycles. The molecular weight excluding hydrogens is 340 g/mol. The van der Waals surface area contributed by atoms with E-state index in [0.717, 1.165) is 24.2 Å². The predicted molar refractivity (Wildman–Crippen MR) is 107 cm³/mol. The zero-order chi connectivity index (χ0) is 19.3. The van der Waals surface area contributed by atoms with E-state index in [9.17, 15) is 9.59 Å². The molecule has 0 aliphatic rings. The highest BCUT2D eigenvalue weighted by Gasteiger charge is 2.06. The molecule has 0 aliphatic heterocycles. The van der Waals surface area contributed by atoms with Gasteiger partial charge in [-0.15, -0.1) is 0 Å². The van der Waals surface area contributed by atoms with Crippen LogP contribution < -0.4 is 15.6 Å². The molecule has 0 bridgehead atoms. The normalized spacial score (nSPS) is 10.6. The van der Waals surface area contributed by atoms with Gasteiger partial charge in [-0.25, -0.2) is 0 Å². The van der Waals surface area contributed by atoms with Crippen LogP contribution in [0.15, 0.2) is 60.7 Å². The molecule has 5 nitrogen and oxygen atoms in total. The van der Waals surface area contributed by atoms with Gasteiger partial charge in [0.1, 0.15) is 5.75 Å². The largest absolute Gasteiger partial charge is 0.494 e. The Labute approximate surface area is 160 Å². The van der Waals surface area contributed by atoms with Crippen molar-refractivity contribution in [1.82, 2.24) is 10.9 Å². The van der Waals surface area contributed by atoms with E-state index >= 15 is 0 Å². The van der Waals surface area contributed by atoms with Gasteiger partial charge in [0.05, 0.1) is 6.61 Å². The van der Waals surface area contributed by atoms with Gasteiger partial charge in [0.25, 0.3) is 11.8 Å². The smallest absolute Gasteiger partial charge is 0.269 e. The van der Waals surface area contributed by atoms with Crippen LogP contribution in [0.5, 0.6) is 5.75 Å². The van der Waals surface area contributed by atoms with Crippen LogP contribution in [0.1, 0.15) is 48.5 Å². The Morgan fingerprint density at radius 2 is 1.67 bits per heavy atom. The molecule has 2 N–H and O–H groups in total. The Morgan fingerprint density at radius 3 is 2.37 bits per heavy atom. The molecule has 0 saturated heterocycles. The van der Waals surface area contributed by atoms with Crippen molar-refractivity contribution in [3.63, 3.8) is 0 Å². The lowest BCUT2D eigenvalue weighted by Crippen LogP contribution is -2.40. The fourth-order valence-electron chi connectivity index (χ4n) is 2.39. The maximum absolute atomic E-state index is 12.1. The quantitative estimate of drug-likeness (QED) is 0.398. The molecule has 0 radical (unpaired) electrons. The van der Waals surface area contributed by atoms with Crippen LogP contribution in [-0.4, -0.2) is 18.4 Å². The summed E-state index contributed by atoms with van der Waals surface area (Å²) in [6.45, 7) is 2.85. The van der Waals surface area contributed by atoms with E-state index in [-0.39, 0.29) is 5.91 Å². The highest BCUT2D eigenvalue weighted by atomic mass is 16.5. The van der Waals surface area contributed by atoms with Crippen molar-refractivity contribution < 1.29 is 14.3 Å². The third-order valence-corrected chi connectivity index (χ3v) is 3.91. The Bertz CT molecular complexity index is 740. The van der Waals surface area contributed by atoms with Gasteiger partial charge in [0, 0.05) is 11.6 Å². The number of hydrogen-bond donors (Lipinski definition) is 2. The van der Waals surface area contributed by atoms with Crippen molar-refractivity contribution in [3.8, 4) is 5.75 Å². The lowest BCUT2D eigenvalue weighted by Gasteiger charge is -2.08. The van der Waals surface area contributed by atoms with Gasteiger partial charge in [-0.3, -0.25) is 20.4 Å². The summed E-state index contributed by atoms with van der Waals surface area (Å²) >= 11 is 0. The van der Waals surface area contributed by atoms with Gasteiger partial charge in [-0.1, -0.05) is 56.5 Å². The summed E-state index contributed by atoms with van der Waals surface area (Å²) in [6, 6.07) is 16.3. The van der Waals surface area contributed by atoms with E-state index in [1.807, 2.05) is 30.3 Å². The number of benzene rings is 2. The van der Waals surface area contributed by atoms with E-state index in [4.69, 9.17) is 4.74 Å². The molecule has 2 amide bonds. The molecule has 0 unspecified atom stereocenters. The third-order valence-electron chi connectivity index (χ3n) is 3.91. The summed E-state index contributed by atoms with van der Waals surface area (Å²) in [7, 11) is 0. The zero-order valence-electron chi connectivity index (χ0n) is 15.6. The first kappa shape index (κ1) is 20.2. The summed E-state index contributed by atoms with van der Waals surface area (Å²) in [5, 5.41) is 0. The molecule has 0 aliphatic carbocycles. The van der Waals surface area contributed by atoms with E-state index in [2.05, 4.69) is 17.8 Å². The minimum absolute atomic E-state index is 0.383. The molecule has 0 fully saturated rings. The second-order valence-electron chi connectivity index (χ2n) is 6.12. The summed E-state index contributed by atoms with van der Waals surface area (Å²) in [5.41, 5.74) is 6.11. The molecule has 2 aromatic rings. The summed E-state index contributed by atoms with van der Waals surface area (Å²) in [6.07, 6.45) is 7.64.